The van der Waals surface area contributed by atoms with E-state index >= 15 is 0 Å². The smallest absolute Gasteiger partial charge is 0.124 e. The molecule has 0 saturated carbocycles. The van der Waals surface area contributed by atoms with E-state index in [-0.39, 0.29) is 0 Å². The molecule has 3 heteroatoms. The van der Waals surface area contributed by atoms with Gasteiger partial charge >= 0.3 is 0 Å². The van der Waals surface area contributed by atoms with Crippen molar-refractivity contribution in [2.75, 3.05) is 27.2 Å². The minimum Gasteiger partial charge on any atom is -0.494 e. The first-order chi connectivity index (χ1) is 8.67. The molecular formula is C15H24N2O. The van der Waals surface area contributed by atoms with E-state index in [2.05, 4.69) is 36.3 Å². The molecule has 100 valence electrons. The van der Waals surface area contributed by atoms with E-state index in [1.807, 2.05) is 14.0 Å². The van der Waals surface area contributed by atoms with Gasteiger partial charge in [0.15, 0.2) is 0 Å². The summed E-state index contributed by atoms with van der Waals surface area (Å²) in [6, 6.07) is 5.04. The Hall–Kier alpha value is -1.06. The number of nitrogens with zero attached hydrogens (tertiary/aromatic N) is 1. The zero-order valence-corrected chi connectivity index (χ0v) is 11.9. The average Bonchev–Trinajstić information content (AvgIpc) is 2.36. The molecule has 0 amide bonds. The number of nitrogens with one attached hydrogen (secondary N) is 1. The molecule has 1 aliphatic heterocycles. The topological polar surface area (TPSA) is 24.5 Å². The molecule has 1 N–H and O–H groups in total. The van der Waals surface area contributed by atoms with Crippen molar-refractivity contribution in [2.45, 2.75) is 32.9 Å². The highest BCUT2D eigenvalue weighted by Gasteiger charge is 2.22. The predicted octanol–water partition coefficient (Wildman–Crippen LogP) is 2.35. The van der Waals surface area contributed by atoms with Gasteiger partial charge in [-0.15, -0.1) is 0 Å². The van der Waals surface area contributed by atoms with Crippen LogP contribution in [0, 0.1) is 0 Å². The van der Waals surface area contributed by atoms with Gasteiger partial charge in [-0.1, -0.05) is 6.07 Å². The highest BCUT2D eigenvalue weighted by molar-refractivity contribution is 5.45. The largest absolute Gasteiger partial charge is 0.494 e. The quantitative estimate of drug-likeness (QED) is 0.885. The molecule has 0 spiro atoms. The Morgan fingerprint density at radius 1 is 1.44 bits per heavy atom. The number of rotatable bonds is 4. The third-order valence-corrected chi connectivity index (χ3v) is 3.83. The van der Waals surface area contributed by atoms with Crippen LogP contribution in [-0.2, 0) is 13.0 Å². The van der Waals surface area contributed by atoms with Gasteiger partial charge in [-0.25, -0.2) is 0 Å². The van der Waals surface area contributed by atoms with Crippen LogP contribution < -0.4 is 10.1 Å². The molecule has 18 heavy (non-hydrogen) atoms. The molecule has 0 aromatic heterocycles. The van der Waals surface area contributed by atoms with Crippen LogP contribution in [0.2, 0.25) is 0 Å². The second kappa shape index (κ2) is 5.72. The van der Waals surface area contributed by atoms with E-state index < -0.39 is 0 Å². The molecule has 1 heterocycles. The first-order valence-electron chi connectivity index (χ1n) is 6.80. The van der Waals surface area contributed by atoms with E-state index in [0.29, 0.717) is 6.04 Å². The number of ether oxygens (including phenoxy) is 1. The SMILES string of the molecule is CCOc1cc2c(cc1CNC)CCN(C)C2C. The number of benzene rings is 1. The Balaban J connectivity index is 2.40. The van der Waals surface area contributed by atoms with Crippen LogP contribution in [0.25, 0.3) is 0 Å². The molecule has 1 aromatic carbocycles. The lowest BCUT2D eigenvalue weighted by Crippen LogP contribution is -2.30. The number of hydrogen-bond donors (Lipinski definition) is 1. The van der Waals surface area contributed by atoms with Crippen molar-refractivity contribution >= 4 is 0 Å². The van der Waals surface area contributed by atoms with Gasteiger partial charge in [0.05, 0.1) is 6.61 Å². The number of hydrogen-bond acceptors (Lipinski definition) is 3. The molecule has 0 saturated heterocycles. The lowest BCUT2D eigenvalue weighted by molar-refractivity contribution is 0.246. The average molecular weight is 248 g/mol. The van der Waals surface area contributed by atoms with Crippen LogP contribution >= 0.6 is 0 Å². The molecule has 0 radical (unpaired) electrons. The predicted molar refractivity (Wildman–Crippen MR) is 75.1 cm³/mol. The van der Waals surface area contributed by atoms with Crippen molar-refractivity contribution in [1.82, 2.24) is 10.2 Å². The lowest BCUT2D eigenvalue weighted by Gasteiger charge is -2.33. The molecule has 1 unspecified atom stereocenters. The minimum absolute atomic E-state index is 0.483. The summed E-state index contributed by atoms with van der Waals surface area (Å²) in [4.78, 5) is 2.40. The Morgan fingerprint density at radius 3 is 2.89 bits per heavy atom. The summed E-state index contributed by atoms with van der Waals surface area (Å²) in [6.45, 7) is 7.04. The van der Waals surface area contributed by atoms with E-state index in [4.69, 9.17) is 4.74 Å². The van der Waals surface area contributed by atoms with E-state index in [1.165, 1.54) is 16.7 Å². The van der Waals surface area contributed by atoms with Gasteiger partial charge in [-0.05, 0) is 51.6 Å². The van der Waals surface area contributed by atoms with Gasteiger partial charge in [0.1, 0.15) is 5.75 Å². The van der Waals surface area contributed by atoms with Crippen LogP contribution in [0.5, 0.6) is 5.75 Å². The highest BCUT2D eigenvalue weighted by atomic mass is 16.5. The molecule has 0 aliphatic carbocycles. The third-order valence-electron chi connectivity index (χ3n) is 3.83. The molecule has 1 atom stereocenters. The molecule has 1 aliphatic rings. The second-order valence-electron chi connectivity index (χ2n) is 5.03. The summed E-state index contributed by atoms with van der Waals surface area (Å²) in [6.07, 6.45) is 1.14. The van der Waals surface area contributed by atoms with Crippen molar-refractivity contribution in [3.05, 3.63) is 28.8 Å². The van der Waals surface area contributed by atoms with Crippen LogP contribution in [0.1, 0.15) is 36.6 Å². The monoisotopic (exact) mass is 248 g/mol. The molecule has 0 fully saturated rings. The van der Waals surface area contributed by atoms with Crippen molar-refractivity contribution in [3.63, 3.8) is 0 Å². The summed E-state index contributed by atoms with van der Waals surface area (Å²) in [5, 5.41) is 3.22. The molecule has 3 nitrogen and oxygen atoms in total. The molecule has 0 bridgehead atoms. The van der Waals surface area contributed by atoms with Gasteiger partial charge in [0.25, 0.3) is 0 Å². The van der Waals surface area contributed by atoms with E-state index in [9.17, 15) is 0 Å². The number of likely N-dealkylation sites (N-methyl/N-ethyl adjacent to an activating group) is 1. The first kappa shape index (κ1) is 13.4. The number of fused-ring (bicyclic) bond motifs is 1. The maximum absolute atomic E-state index is 5.78. The third kappa shape index (κ3) is 2.52. The van der Waals surface area contributed by atoms with Crippen molar-refractivity contribution in [1.29, 1.82) is 0 Å². The van der Waals surface area contributed by atoms with Crippen molar-refractivity contribution < 1.29 is 4.74 Å². The molecule has 2 rings (SSSR count). The van der Waals surface area contributed by atoms with Gasteiger partial charge in [-0.2, -0.15) is 0 Å². The van der Waals surface area contributed by atoms with Gasteiger partial charge in [-0.3, -0.25) is 4.90 Å². The molecular weight excluding hydrogens is 224 g/mol. The van der Waals surface area contributed by atoms with Crippen LogP contribution in [0.4, 0.5) is 0 Å². The van der Waals surface area contributed by atoms with E-state index in [1.54, 1.807) is 0 Å². The van der Waals surface area contributed by atoms with Crippen molar-refractivity contribution in [3.8, 4) is 5.75 Å². The van der Waals surface area contributed by atoms with Crippen LogP contribution in [0.3, 0.4) is 0 Å². The van der Waals surface area contributed by atoms with Gasteiger partial charge in [0.2, 0.25) is 0 Å². The Morgan fingerprint density at radius 2 is 2.22 bits per heavy atom. The van der Waals surface area contributed by atoms with Crippen molar-refractivity contribution in [2.24, 2.45) is 0 Å². The standard InChI is InChI=1S/C15H24N2O/c1-5-18-15-9-14-11(2)17(4)7-6-12(14)8-13(15)10-16-3/h8-9,11,16H,5-7,10H2,1-4H3. The summed E-state index contributed by atoms with van der Waals surface area (Å²) in [5.41, 5.74) is 4.18. The van der Waals surface area contributed by atoms with Gasteiger partial charge < -0.3 is 10.1 Å². The zero-order chi connectivity index (χ0) is 13.1. The fourth-order valence-electron chi connectivity index (χ4n) is 2.64. The zero-order valence-electron chi connectivity index (χ0n) is 11.9. The fraction of sp³-hybridized carbons (Fsp3) is 0.600. The normalized spacial score (nSPS) is 19.7. The van der Waals surface area contributed by atoms with Gasteiger partial charge in [0, 0.05) is 24.7 Å². The lowest BCUT2D eigenvalue weighted by atomic mass is 9.91. The van der Waals surface area contributed by atoms with Crippen LogP contribution in [0.15, 0.2) is 12.1 Å². The summed E-state index contributed by atoms with van der Waals surface area (Å²) < 4.78 is 5.78. The maximum atomic E-state index is 5.78. The Bertz CT molecular complexity index is 417. The Kier molecular flexibility index (Phi) is 4.25. The maximum Gasteiger partial charge on any atom is 0.124 e. The summed E-state index contributed by atoms with van der Waals surface area (Å²) >= 11 is 0. The summed E-state index contributed by atoms with van der Waals surface area (Å²) in [7, 11) is 4.17. The fourth-order valence-corrected chi connectivity index (χ4v) is 2.64. The summed E-state index contributed by atoms with van der Waals surface area (Å²) in [5.74, 6) is 1.03. The Labute approximate surface area is 110 Å². The van der Waals surface area contributed by atoms with E-state index in [0.717, 1.165) is 31.9 Å². The highest BCUT2D eigenvalue weighted by Crippen LogP contribution is 2.33. The minimum atomic E-state index is 0.483. The first-order valence-corrected chi connectivity index (χ1v) is 6.80. The molecule has 1 aromatic rings. The van der Waals surface area contributed by atoms with Crippen LogP contribution in [-0.4, -0.2) is 32.1 Å². The second-order valence-corrected chi connectivity index (χ2v) is 5.03.